The van der Waals surface area contributed by atoms with Crippen LogP contribution < -0.4 is 20.5 Å². The van der Waals surface area contributed by atoms with Crippen LogP contribution in [0, 0.1) is 0 Å². The number of carbonyl (C=O) groups is 1. The highest BCUT2D eigenvalue weighted by Crippen LogP contribution is 2.42. The molecular formula is C14H9F2N5O4S. The molecule has 0 radical (unpaired) electrons. The standard InChI is InChI=1S/C14H9F2N5O4S/c15-14(16)24-9-4-3-8(6-10(9)25-14)17-11(22)7-20-13(23)21(19-18-20)12-2-1-5-26-12/h1-6H,7H2,(H,17,22). The predicted molar refractivity (Wildman–Crippen MR) is 84.8 cm³/mol. The Morgan fingerprint density at radius 1 is 1.23 bits per heavy atom. The number of anilines is 1. The van der Waals surface area contributed by atoms with Crippen LogP contribution >= 0.6 is 11.3 Å². The number of nitrogens with zero attached hydrogens (tertiary/aromatic N) is 4. The lowest BCUT2D eigenvalue weighted by atomic mass is 10.3. The van der Waals surface area contributed by atoms with Crippen molar-refractivity contribution in [1.82, 2.24) is 19.8 Å². The fraction of sp³-hybridized carbons (Fsp3) is 0.143. The van der Waals surface area contributed by atoms with Gasteiger partial charge in [-0.1, -0.05) is 0 Å². The fourth-order valence-corrected chi connectivity index (χ4v) is 2.93. The van der Waals surface area contributed by atoms with E-state index in [2.05, 4.69) is 25.2 Å². The molecule has 1 amide bonds. The van der Waals surface area contributed by atoms with Crippen LogP contribution in [-0.2, 0) is 11.3 Å². The highest BCUT2D eigenvalue weighted by atomic mass is 32.1. The van der Waals surface area contributed by atoms with Crippen LogP contribution in [0.1, 0.15) is 0 Å². The maximum atomic E-state index is 13.0. The van der Waals surface area contributed by atoms with Gasteiger partial charge in [0.15, 0.2) is 11.5 Å². The van der Waals surface area contributed by atoms with Crippen molar-refractivity contribution in [2.75, 3.05) is 5.32 Å². The van der Waals surface area contributed by atoms with Gasteiger partial charge in [0, 0.05) is 11.8 Å². The second-order valence-electron chi connectivity index (χ2n) is 5.16. The van der Waals surface area contributed by atoms with E-state index in [1.165, 1.54) is 29.5 Å². The molecule has 26 heavy (non-hydrogen) atoms. The number of amides is 1. The van der Waals surface area contributed by atoms with E-state index in [1.54, 1.807) is 17.5 Å². The summed E-state index contributed by atoms with van der Waals surface area (Å²) in [6.45, 7) is -0.394. The van der Waals surface area contributed by atoms with Crippen molar-refractivity contribution in [3.05, 3.63) is 46.2 Å². The van der Waals surface area contributed by atoms with Gasteiger partial charge in [-0.3, -0.25) is 4.79 Å². The molecule has 1 aliphatic rings. The lowest BCUT2D eigenvalue weighted by Crippen LogP contribution is -2.29. The fourth-order valence-electron chi connectivity index (χ4n) is 2.27. The molecule has 0 aliphatic carbocycles. The van der Waals surface area contributed by atoms with E-state index in [0.717, 1.165) is 9.36 Å². The third kappa shape index (κ3) is 3.01. The van der Waals surface area contributed by atoms with Gasteiger partial charge in [0.2, 0.25) is 5.91 Å². The Morgan fingerprint density at radius 2 is 2.04 bits per heavy atom. The minimum Gasteiger partial charge on any atom is -0.395 e. The first-order chi connectivity index (χ1) is 12.4. The Kier molecular flexibility index (Phi) is 3.68. The Labute approximate surface area is 147 Å². The monoisotopic (exact) mass is 381 g/mol. The van der Waals surface area contributed by atoms with E-state index < -0.39 is 24.4 Å². The van der Waals surface area contributed by atoms with Gasteiger partial charge in [0.05, 0.1) is 0 Å². The van der Waals surface area contributed by atoms with Crippen molar-refractivity contribution < 1.29 is 23.0 Å². The molecule has 1 aromatic carbocycles. The third-order valence-corrected chi connectivity index (χ3v) is 4.18. The molecule has 0 unspecified atom stereocenters. The van der Waals surface area contributed by atoms with Crippen LogP contribution in [0.2, 0.25) is 0 Å². The van der Waals surface area contributed by atoms with Crippen molar-refractivity contribution in [3.8, 4) is 16.5 Å². The smallest absolute Gasteiger partial charge is 0.395 e. The molecule has 3 aromatic rings. The van der Waals surface area contributed by atoms with E-state index in [0.29, 0.717) is 5.00 Å². The predicted octanol–water partition coefficient (Wildman–Crippen LogP) is 1.45. The number of alkyl halides is 2. The minimum absolute atomic E-state index is 0.136. The van der Waals surface area contributed by atoms with Crippen LogP contribution in [0.25, 0.3) is 5.00 Å². The molecule has 9 nitrogen and oxygen atoms in total. The highest BCUT2D eigenvalue weighted by molar-refractivity contribution is 7.12. The van der Waals surface area contributed by atoms with Crippen LogP contribution in [0.4, 0.5) is 14.5 Å². The van der Waals surface area contributed by atoms with Crippen molar-refractivity contribution in [3.63, 3.8) is 0 Å². The van der Waals surface area contributed by atoms with Gasteiger partial charge in [-0.15, -0.1) is 20.1 Å². The summed E-state index contributed by atoms with van der Waals surface area (Å²) in [5, 5.41) is 12.2. The second-order valence-corrected chi connectivity index (χ2v) is 6.09. The molecule has 0 spiro atoms. The normalized spacial score (nSPS) is 14.4. The van der Waals surface area contributed by atoms with E-state index >= 15 is 0 Å². The number of ether oxygens (including phenoxy) is 2. The zero-order chi connectivity index (χ0) is 18.3. The number of thiophene rings is 1. The van der Waals surface area contributed by atoms with Crippen LogP contribution in [0.15, 0.2) is 40.5 Å². The lowest BCUT2D eigenvalue weighted by molar-refractivity contribution is -0.286. The van der Waals surface area contributed by atoms with Crippen molar-refractivity contribution >= 4 is 22.9 Å². The number of fused-ring (bicyclic) bond motifs is 1. The second kappa shape index (κ2) is 5.91. The number of tetrazole rings is 1. The molecule has 0 fully saturated rings. The third-order valence-electron chi connectivity index (χ3n) is 3.33. The average Bonchev–Trinajstić information content (AvgIpc) is 3.26. The van der Waals surface area contributed by atoms with Gasteiger partial charge in [-0.25, -0.2) is 4.79 Å². The molecule has 1 aliphatic heterocycles. The summed E-state index contributed by atoms with van der Waals surface area (Å²) in [5.41, 5.74) is -0.373. The summed E-state index contributed by atoms with van der Waals surface area (Å²) >= 11 is 1.30. The number of hydrogen-bond donors (Lipinski definition) is 1. The first-order valence-electron chi connectivity index (χ1n) is 7.18. The summed E-state index contributed by atoms with van der Waals surface area (Å²) in [4.78, 5) is 24.3. The molecule has 12 heteroatoms. The molecule has 2 aromatic heterocycles. The minimum atomic E-state index is -3.74. The molecule has 134 valence electrons. The largest absolute Gasteiger partial charge is 0.586 e. The summed E-state index contributed by atoms with van der Waals surface area (Å²) in [6.07, 6.45) is -3.74. The van der Waals surface area contributed by atoms with Gasteiger partial charge in [0.1, 0.15) is 11.5 Å². The summed E-state index contributed by atoms with van der Waals surface area (Å²) in [7, 11) is 0. The van der Waals surface area contributed by atoms with Crippen LogP contribution in [-0.4, -0.2) is 32.0 Å². The number of hydrogen-bond acceptors (Lipinski definition) is 7. The number of halogens is 2. The van der Waals surface area contributed by atoms with E-state index in [9.17, 15) is 18.4 Å². The molecule has 0 saturated carbocycles. The molecule has 0 atom stereocenters. The van der Waals surface area contributed by atoms with E-state index in [-0.39, 0.29) is 17.2 Å². The van der Waals surface area contributed by atoms with Gasteiger partial charge in [-0.05, 0) is 40.1 Å². The molecule has 0 saturated heterocycles. The van der Waals surface area contributed by atoms with Gasteiger partial charge < -0.3 is 14.8 Å². The molecule has 0 bridgehead atoms. The Morgan fingerprint density at radius 3 is 2.81 bits per heavy atom. The number of rotatable bonds is 4. The first kappa shape index (κ1) is 16.2. The number of carbonyl (C=O) groups excluding carboxylic acids is 1. The molecular weight excluding hydrogens is 372 g/mol. The van der Waals surface area contributed by atoms with Crippen molar-refractivity contribution in [2.45, 2.75) is 12.8 Å². The topological polar surface area (TPSA) is 100 Å². The van der Waals surface area contributed by atoms with E-state index in [4.69, 9.17) is 0 Å². The first-order valence-corrected chi connectivity index (χ1v) is 8.06. The number of nitrogens with one attached hydrogen (secondary N) is 1. The molecule has 3 heterocycles. The SMILES string of the molecule is O=C(Cn1nnn(-c2cccs2)c1=O)Nc1ccc2c(c1)OC(F)(F)O2. The summed E-state index contributed by atoms with van der Waals surface area (Å²) < 4.78 is 36.5. The van der Waals surface area contributed by atoms with Crippen molar-refractivity contribution in [2.24, 2.45) is 0 Å². The average molecular weight is 381 g/mol. The Hall–Kier alpha value is -3.28. The van der Waals surface area contributed by atoms with Gasteiger partial charge in [0.25, 0.3) is 0 Å². The maximum absolute atomic E-state index is 13.0. The quantitative estimate of drug-likeness (QED) is 0.734. The number of aromatic nitrogens is 4. The van der Waals surface area contributed by atoms with Crippen LogP contribution in [0.5, 0.6) is 11.5 Å². The Bertz CT molecular complexity index is 1030. The summed E-state index contributed by atoms with van der Waals surface area (Å²) in [6, 6.07) is 7.24. The lowest BCUT2D eigenvalue weighted by Gasteiger charge is -2.05. The van der Waals surface area contributed by atoms with Crippen LogP contribution in [0.3, 0.4) is 0 Å². The molecule has 1 N–H and O–H groups in total. The van der Waals surface area contributed by atoms with Gasteiger partial charge >= 0.3 is 12.0 Å². The Balaban J connectivity index is 1.47. The van der Waals surface area contributed by atoms with Crippen molar-refractivity contribution in [1.29, 1.82) is 0 Å². The maximum Gasteiger partial charge on any atom is 0.586 e. The number of benzene rings is 1. The molecule has 4 rings (SSSR count). The zero-order valence-electron chi connectivity index (χ0n) is 12.8. The zero-order valence-corrected chi connectivity index (χ0v) is 13.6. The van der Waals surface area contributed by atoms with E-state index in [1.807, 2.05) is 0 Å². The highest BCUT2D eigenvalue weighted by Gasteiger charge is 2.43. The summed E-state index contributed by atoms with van der Waals surface area (Å²) in [5.74, 6) is -0.923. The van der Waals surface area contributed by atoms with Gasteiger partial charge in [-0.2, -0.15) is 9.36 Å².